The van der Waals surface area contributed by atoms with Crippen molar-refractivity contribution >= 4 is 0 Å². The van der Waals surface area contributed by atoms with Crippen LogP contribution in [0.2, 0.25) is 0 Å². The first-order chi connectivity index (χ1) is 7.63. The van der Waals surface area contributed by atoms with Gasteiger partial charge in [-0.25, -0.2) is 0 Å². The van der Waals surface area contributed by atoms with Crippen molar-refractivity contribution in [2.45, 2.75) is 33.2 Å². The maximum absolute atomic E-state index is 8.48. The van der Waals surface area contributed by atoms with Crippen LogP contribution in [0.1, 0.15) is 29.5 Å². The molecule has 0 aromatic heterocycles. The van der Waals surface area contributed by atoms with E-state index < -0.39 is 0 Å². The second-order valence-corrected chi connectivity index (χ2v) is 4.43. The van der Waals surface area contributed by atoms with Crippen molar-refractivity contribution in [1.82, 2.24) is 4.90 Å². The van der Waals surface area contributed by atoms with Gasteiger partial charge in [-0.05, 0) is 45.0 Å². The third-order valence-electron chi connectivity index (χ3n) is 2.77. The first-order valence-electron chi connectivity index (χ1n) is 5.75. The van der Waals surface area contributed by atoms with Gasteiger partial charge in [-0.2, -0.15) is 5.26 Å². The van der Waals surface area contributed by atoms with Crippen LogP contribution >= 0.6 is 0 Å². The highest BCUT2D eigenvalue weighted by molar-refractivity contribution is 5.30. The summed E-state index contributed by atoms with van der Waals surface area (Å²) in [5.74, 6) is 0. The Hall–Kier alpha value is -1.33. The highest BCUT2D eigenvalue weighted by Crippen LogP contribution is 2.12. The predicted octanol–water partition coefficient (Wildman–Crippen LogP) is 3.04. The first kappa shape index (κ1) is 12.7. The van der Waals surface area contributed by atoms with Crippen molar-refractivity contribution in [2.24, 2.45) is 0 Å². The van der Waals surface area contributed by atoms with Gasteiger partial charge in [0.1, 0.15) is 0 Å². The molecule has 0 saturated carbocycles. The summed E-state index contributed by atoms with van der Waals surface area (Å²) in [6.07, 6.45) is 1.61. The molecule has 2 nitrogen and oxygen atoms in total. The normalized spacial score (nSPS) is 10.4. The van der Waals surface area contributed by atoms with Gasteiger partial charge in [0.25, 0.3) is 0 Å². The summed E-state index contributed by atoms with van der Waals surface area (Å²) in [6, 6.07) is 8.75. The van der Waals surface area contributed by atoms with Gasteiger partial charge in [0, 0.05) is 13.0 Å². The Morgan fingerprint density at radius 2 is 2.06 bits per heavy atom. The Balaban J connectivity index is 2.52. The molecule has 0 amide bonds. The lowest BCUT2D eigenvalue weighted by molar-refractivity contribution is 0.323. The monoisotopic (exact) mass is 216 g/mol. The van der Waals surface area contributed by atoms with E-state index in [2.05, 4.69) is 50.1 Å². The van der Waals surface area contributed by atoms with Crippen molar-refractivity contribution in [1.29, 1.82) is 5.26 Å². The second-order valence-electron chi connectivity index (χ2n) is 4.43. The zero-order valence-corrected chi connectivity index (χ0v) is 10.5. The molecular weight excluding hydrogens is 196 g/mol. The Morgan fingerprint density at radius 1 is 1.31 bits per heavy atom. The smallest absolute Gasteiger partial charge is 0.0622 e. The molecule has 1 aromatic carbocycles. The lowest BCUT2D eigenvalue weighted by Crippen LogP contribution is -2.19. The molecule has 0 radical (unpaired) electrons. The zero-order valence-electron chi connectivity index (χ0n) is 10.5. The number of hydrogen-bond acceptors (Lipinski definition) is 2. The third-order valence-corrected chi connectivity index (χ3v) is 2.77. The van der Waals surface area contributed by atoms with E-state index in [4.69, 9.17) is 5.26 Å². The Bertz CT molecular complexity index is 377. The third kappa shape index (κ3) is 4.04. The Kier molecular flexibility index (Phi) is 5.01. The Labute approximate surface area is 98.5 Å². The molecule has 2 heteroatoms. The summed E-state index contributed by atoms with van der Waals surface area (Å²) in [7, 11) is 2.11. The van der Waals surface area contributed by atoms with E-state index in [1.165, 1.54) is 16.7 Å². The van der Waals surface area contributed by atoms with E-state index in [-0.39, 0.29) is 0 Å². The van der Waals surface area contributed by atoms with Crippen molar-refractivity contribution in [3.8, 4) is 6.07 Å². The minimum Gasteiger partial charge on any atom is -0.302 e. The Morgan fingerprint density at radius 3 is 2.75 bits per heavy atom. The fourth-order valence-corrected chi connectivity index (χ4v) is 1.77. The maximum Gasteiger partial charge on any atom is 0.0622 e. The molecule has 0 heterocycles. The molecule has 0 fully saturated rings. The van der Waals surface area contributed by atoms with Gasteiger partial charge >= 0.3 is 0 Å². The lowest BCUT2D eigenvalue weighted by atomic mass is 10.1. The maximum atomic E-state index is 8.48. The summed E-state index contributed by atoms with van der Waals surface area (Å²) in [4.78, 5) is 2.28. The SMILES string of the molecule is Cc1ccc(C)c(CN(C)CCCC#N)c1. The summed E-state index contributed by atoms with van der Waals surface area (Å²) < 4.78 is 0. The number of aryl methyl sites for hydroxylation is 2. The average molecular weight is 216 g/mol. The fourth-order valence-electron chi connectivity index (χ4n) is 1.77. The largest absolute Gasteiger partial charge is 0.302 e. The molecular formula is C14H20N2. The number of nitriles is 1. The van der Waals surface area contributed by atoms with Gasteiger partial charge in [-0.15, -0.1) is 0 Å². The molecule has 0 aliphatic heterocycles. The van der Waals surface area contributed by atoms with Crippen LogP contribution in [0.25, 0.3) is 0 Å². The zero-order chi connectivity index (χ0) is 12.0. The number of nitrogens with zero attached hydrogens (tertiary/aromatic N) is 2. The first-order valence-corrected chi connectivity index (χ1v) is 5.75. The van der Waals surface area contributed by atoms with Crippen molar-refractivity contribution in [2.75, 3.05) is 13.6 Å². The van der Waals surface area contributed by atoms with E-state index >= 15 is 0 Å². The van der Waals surface area contributed by atoms with Crippen LogP contribution in [-0.2, 0) is 6.54 Å². The van der Waals surface area contributed by atoms with Crippen LogP contribution in [0.3, 0.4) is 0 Å². The minimum absolute atomic E-state index is 0.650. The fraction of sp³-hybridized carbons (Fsp3) is 0.500. The number of unbranched alkanes of at least 4 members (excludes halogenated alkanes) is 1. The van der Waals surface area contributed by atoms with Crippen LogP contribution in [0.5, 0.6) is 0 Å². The summed E-state index contributed by atoms with van der Waals surface area (Å²) >= 11 is 0. The summed E-state index contributed by atoms with van der Waals surface area (Å²) in [5.41, 5.74) is 4.04. The number of rotatable bonds is 5. The van der Waals surface area contributed by atoms with Gasteiger partial charge in [-0.1, -0.05) is 23.8 Å². The highest BCUT2D eigenvalue weighted by atomic mass is 15.1. The van der Waals surface area contributed by atoms with Crippen molar-refractivity contribution < 1.29 is 0 Å². The molecule has 0 unspecified atom stereocenters. The average Bonchev–Trinajstić information content (AvgIpc) is 2.24. The van der Waals surface area contributed by atoms with Gasteiger partial charge in [0.2, 0.25) is 0 Å². The van der Waals surface area contributed by atoms with E-state index in [9.17, 15) is 0 Å². The van der Waals surface area contributed by atoms with Gasteiger partial charge in [0.05, 0.1) is 6.07 Å². The lowest BCUT2D eigenvalue weighted by Gasteiger charge is -2.17. The van der Waals surface area contributed by atoms with Crippen LogP contribution in [0.4, 0.5) is 0 Å². The molecule has 0 aliphatic carbocycles. The van der Waals surface area contributed by atoms with Gasteiger partial charge in [-0.3, -0.25) is 0 Å². The van der Waals surface area contributed by atoms with Crippen LogP contribution in [0, 0.1) is 25.2 Å². The molecule has 0 saturated heterocycles. The molecule has 0 bridgehead atoms. The summed E-state index contributed by atoms with van der Waals surface area (Å²) in [5, 5.41) is 8.48. The second kappa shape index (κ2) is 6.30. The highest BCUT2D eigenvalue weighted by Gasteiger charge is 2.03. The molecule has 0 spiro atoms. The number of benzene rings is 1. The topological polar surface area (TPSA) is 27.0 Å². The minimum atomic E-state index is 0.650. The van der Waals surface area contributed by atoms with Crippen LogP contribution in [-0.4, -0.2) is 18.5 Å². The van der Waals surface area contributed by atoms with Crippen LogP contribution in [0.15, 0.2) is 18.2 Å². The van der Waals surface area contributed by atoms with Crippen molar-refractivity contribution in [3.63, 3.8) is 0 Å². The van der Waals surface area contributed by atoms with Gasteiger partial charge in [0.15, 0.2) is 0 Å². The van der Waals surface area contributed by atoms with E-state index in [1.807, 2.05) is 0 Å². The molecule has 86 valence electrons. The predicted molar refractivity (Wildman–Crippen MR) is 67.1 cm³/mol. The molecule has 1 rings (SSSR count). The molecule has 0 atom stereocenters. The van der Waals surface area contributed by atoms with Crippen molar-refractivity contribution in [3.05, 3.63) is 34.9 Å². The molecule has 0 aliphatic rings. The van der Waals surface area contributed by atoms with E-state index in [1.54, 1.807) is 0 Å². The summed E-state index contributed by atoms with van der Waals surface area (Å²) in [6.45, 7) is 6.23. The molecule has 0 N–H and O–H groups in total. The van der Waals surface area contributed by atoms with E-state index in [0.29, 0.717) is 6.42 Å². The molecule has 16 heavy (non-hydrogen) atoms. The molecule has 1 aromatic rings. The number of hydrogen-bond donors (Lipinski definition) is 0. The quantitative estimate of drug-likeness (QED) is 0.707. The van der Waals surface area contributed by atoms with E-state index in [0.717, 1.165) is 19.5 Å². The van der Waals surface area contributed by atoms with Crippen LogP contribution < -0.4 is 0 Å². The standard InChI is InChI=1S/C14H20N2/c1-12-6-7-13(2)14(10-12)11-16(3)9-5-4-8-15/h6-7,10H,4-5,9,11H2,1-3H3. The van der Waals surface area contributed by atoms with Gasteiger partial charge < -0.3 is 4.90 Å².